The minimum atomic E-state index is -4.64. The maximum absolute atomic E-state index is 12.8. The monoisotopic (exact) mass is 1150 g/mol. The molecule has 0 aromatic carbocycles. The number of esters is 2. The Morgan fingerprint density at radius 1 is 0.395 bits per heavy atom. The number of rotatable bonds is 59. The Kier molecular flexibility index (Phi) is 58.3. The Bertz CT molecular complexity index is 1780. The molecule has 0 aliphatic carbocycles. The number of unbranched alkanes of at least 4 members (excludes halogenated alkanes) is 25. The van der Waals surface area contributed by atoms with Gasteiger partial charge in [0.25, 0.3) is 7.82 Å². The molecule has 81 heavy (non-hydrogen) atoms. The first-order valence-corrected chi connectivity index (χ1v) is 34.2. The number of quaternary nitrogens is 1. The first-order valence-electron chi connectivity index (χ1n) is 32.7. The van der Waals surface area contributed by atoms with Gasteiger partial charge < -0.3 is 27.9 Å². The van der Waals surface area contributed by atoms with Gasteiger partial charge in [-0.3, -0.25) is 14.2 Å². The molecule has 0 fully saturated rings. The number of carbonyl (C=O) groups is 2. The molecule has 0 heterocycles. The average molecular weight is 1150 g/mol. The van der Waals surface area contributed by atoms with Crippen LogP contribution < -0.4 is 4.89 Å². The summed E-state index contributed by atoms with van der Waals surface area (Å²) in [5.41, 5.74) is 0. The molecule has 0 aromatic heterocycles. The van der Waals surface area contributed by atoms with Crippen molar-refractivity contribution in [1.29, 1.82) is 0 Å². The van der Waals surface area contributed by atoms with E-state index in [0.717, 1.165) is 109 Å². The fourth-order valence-corrected chi connectivity index (χ4v) is 9.43. The molecule has 0 spiro atoms. The van der Waals surface area contributed by atoms with Crippen molar-refractivity contribution in [1.82, 2.24) is 0 Å². The van der Waals surface area contributed by atoms with E-state index in [2.05, 4.69) is 135 Å². The van der Waals surface area contributed by atoms with Gasteiger partial charge in [0, 0.05) is 12.8 Å². The second kappa shape index (κ2) is 61.0. The summed E-state index contributed by atoms with van der Waals surface area (Å²) in [5.74, 6) is -0.849. The highest BCUT2D eigenvalue weighted by molar-refractivity contribution is 7.45. The van der Waals surface area contributed by atoms with Gasteiger partial charge in [-0.25, -0.2) is 0 Å². The zero-order chi connectivity index (χ0) is 59.1. The fourth-order valence-electron chi connectivity index (χ4n) is 8.70. The molecule has 0 N–H and O–H groups in total. The molecular weight excluding hydrogens is 1030 g/mol. The Morgan fingerprint density at radius 3 is 1.05 bits per heavy atom. The van der Waals surface area contributed by atoms with E-state index >= 15 is 0 Å². The Labute approximate surface area is 498 Å². The number of hydrogen-bond acceptors (Lipinski definition) is 8. The number of hydrogen-bond donors (Lipinski definition) is 0. The third kappa shape index (κ3) is 65.4. The quantitative estimate of drug-likeness (QED) is 0.0195. The van der Waals surface area contributed by atoms with Gasteiger partial charge in [-0.2, -0.15) is 0 Å². The van der Waals surface area contributed by atoms with Crippen LogP contribution in [0.3, 0.4) is 0 Å². The summed E-state index contributed by atoms with van der Waals surface area (Å²) >= 11 is 0. The summed E-state index contributed by atoms with van der Waals surface area (Å²) in [6.45, 7) is 4.09. The molecule has 9 nitrogen and oxygen atoms in total. The van der Waals surface area contributed by atoms with Crippen molar-refractivity contribution in [3.63, 3.8) is 0 Å². The molecule has 2 unspecified atom stereocenters. The number of nitrogens with zero attached hydrogens (tertiary/aromatic N) is 1. The topological polar surface area (TPSA) is 111 Å². The van der Waals surface area contributed by atoms with E-state index in [1.807, 2.05) is 21.1 Å². The van der Waals surface area contributed by atoms with E-state index in [1.54, 1.807) is 0 Å². The van der Waals surface area contributed by atoms with E-state index in [4.69, 9.17) is 18.5 Å². The van der Waals surface area contributed by atoms with Crippen LogP contribution in [0.1, 0.15) is 264 Å². The minimum Gasteiger partial charge on any atom is -0.756 e. The largest absolute Gasteiger partial charge is 0.756 e. The minimum absolute atomic E-state index is 0.0368. The van der Waals surface area contributed by atoms with Gasteiger partial charge in [-0.1, -0.05) is 264 Å². The van der Waals surface area contributed by atoms with Crippen molar-refractivity contribution in [2.24, 2.45) is 0 Å². The van der Waals surface area contributed by atoms with Gasteiger partial charge >= 0.3 is 11.9 Å². The summed E-state index contributed by atoms with van der Waals surface area (Å²) < 4.78 is 34.2. The van der Waals surface area contributed by atoms with Crippen molar-refractivity contribution in [3.05, 3.63) is 122 Å². The molecule has 0 aliphatic heterocycles. The molecule has 0 aromatic rings. The van der Waals surface area contributed by atoms with Crippen LogP contribution in [0.25, 0.3) is 0 Å². The lowest BCUT2D eigenvalue weighted by atomic mass is 10.0. The molecule has 10 heteroatoms. The number of allylic oxidation sites excluding steroid dienone is 20. The Hall–Kier alpha value is -3.59. The third-order valence-corrected chi connectivity index (χ3v) is 14.7. The second-order valence-electron chi connectivity index (χ2n) is 22.7. The first kappa shape index (κ1) is 77.4. The number of likely N-dealkylation sites (N-methyl/N-ethyl adjacent to an activating group) is 1. The molecule has 0 saturated carbocycles. The van der Waals surface area contributed by atoms with Gasteiger partial charge in [0.15, 0.2) is 6.10 Å². The van der Waals surface area contributed by atoms with E-state index in [1.165, 1.54) is 116 Å². The van der Waals surface area contributed by atoms with Crippen LogP contribution in [-0.4, -0.2) is 70.0 Å². The lowest BCUT2D eigenvalue weighted by Crippen LogP contribution is -2.37. The van der Waals surface area contributed by atoms with E-state index in [9.17, 15) is 19.0 Å². The van der Waals surface area contributed by atoms with Crippen LogP contribution in [0.15, 0.2) is 122 Å². The summed E-state index contributed by atoms with van der Waals surface area (Å²) in [4.78, 5) is 37.9. The van der Waals surface area contributed by atoms with Gasteiger partial charge in [0.05, 0.1) is 27.7 Å². The molecule has 464 valence electrons. The zero-order valence-electron chi connectivity index (χ0n) is 52.7. The molecule has 0 bridgehead atoms. The van der Waals surface area contributed by atoms with Crippen LogP contribution in [-0.2, 0) is 32.7 Å². The van der Waals surface area contributed by atoms with E-state index < -0.39 is 32.5 Å². The molecule has 2 atom stereocenters. The molecule has 0 amide bonds. The van der Waals surface area contributed by atoms with E-state index in [-0.39, 0.29) is 26.1 Å². The van der Waals surface area contributed by atoms with Crippen LogP contribution in [0.4, 0.5) is 0 Å². The van der Waals surface area contributed by atoms with Crippen molar-refractivity contribution >= 4 is 19.8 Å². The van der Waals surface area contributed by atoms with Gasteiger partial charge in [0.1, 0.15) is 19.8 Å². The van der Waals surface area contributed by atoms with Crippen LogP contribution >= 0.6 is 7.82 Å². The normalized spacial score (nSPS) is 14.0. The van der Waals surface area contributed by atoms with Gasteiger partial charge in [0.2, 0.25) is 0 Å². The van der Waals surface area contributed by atoms with Crippen LogP contribution in [0, 0.1) is 0 Å². The maximum atomic E-state index is 12.8. The van der Waals surface area contributed by atoms with Gasteiger partial charge in [-0.15, -0.1) is 0 Å². The molecule has 0 radical (unpaired) electrons. The van der Waals surface area contributed by atoms with E-state index in [0.29, 0.717) is 23.9 Å². The highest BCUT2D eigenvalue weighted by Crippen LogP contribution is 2.38. The summed E-state index contributed by atoms with van der Waals surface area (Å²) in [5, 5.41) is 0. The second-order valence-corrected chi connectivity index (χ2v) is 24.2. The Balaban J connectivity index is 4.01. The van der Waals surface area contributed by atoms with Crippen molar-refractivity contribution in [3.8, 4) is 0 Å². The summed E-state index contributed by atoms with van der Waals surface area (Å²) in [7, 11) is 1.15. The van der Waals surface area contributed by atoms with Crippen molar-refractivity contribution in [2.45, 2.75) is 270 Å². The first-order chi connectivity index (χ1) is 39.5. The zero-order valence-corrected chi connectivity index (χ0v) is 53.6. The lowest BCUT2D eigenvalue weighted by molar-refractivity contribution is -0.870. The van der Waals surface area contributed by atoms with Crippen molar-refractivity contribution in [2.75, 3.05) is 47.5 Å². The van der Waals surface area contributed by atoms with Gasteiger partial charge in [-0.05, 0) is 109 Å². The standard InChI is InChI=1S/C71H122NO8P/c1-6-8-10-12-14-16-18-20-22-24-25-26-27-28-29-30-31-32-33-34-35-36-37-38-39-40-41-42-43-44-45-46-47-48-50-52-54-56-58-60-62-64-71(74)80-69(68-79-81(75,76)78-66-65-72(3,4)5)67-77-70(73)63-61-59-57-55-53-51-49-23-21-19-17-15-13-11-9-7-2/h8,10,14,16-17,19-20,22-23,25-26,28-29,31-32,34-35,37-38,49,69H,6-7,9,11-13,15,18,21,24,27,30,33,36,39-48,50-68H2,1-5H3/b10-8-,16-14-,19-17-,22-20-,26-25-,29-28-,32-31-,35-34-,38-37-,49-23-. The number of carbonyl (C=O) groups excluding carboxylic acids is 2. The highest BCUT2D eigenvalue weighted by atomic mass is 31.2. The maximum Gasteiger partial charge on any atom is 0.306 e. The molecular formula is C71H122NO8P. The lowest BCUT2D eigenvalue weighted by Gasteiger charge is -2.28. The molecule has 0 aliphatic rings. The number of phosphoric ester groups is 1. The van der Waals surface area contributed by atoms with Crippen LogP contribution in [0.2, 0.25) is 0 Å². The predicted octanol–water partition coefficient (Wildman–Crippen LogP) is 20.5. The molecule has 0 rings (SSSR count). The smallest absolute Gasteiger partial charge is 0.306 e. The SMILES string of the molecule is CC/C=C\C/C=C\C/C=C\C/C=C\C/C=C\C/C=C\C/C=C\C/C=C\CCCCCCCCCCCCCCCCCCC(=O)OC(COC(=O)CCCCCCC/C=C\C/C=C\CCCCCC)COP(=O)([O-])OCC[N+](C)(C)C. The predicted molar refractivity (Wildman–Crippen MR) is 346 cm³/mol. The average Bonchev–Trinajstić information content (AvgIpc) is 3.43. The third-order valence-electron chi connectivity index (χ3n) is 13.7. The molecule has 0 saturated heterocycles. The van der Waals surface area contributed by atoms with Crippen LogP contribution in [0.5, 0.6) is 0 Å². The Morgan fingerprint density at radius 2 is 0.704 bits per heavy atom. The number of phosphoric acid groups is 1. The summed E-state index contributed by atoms with van der Waals surface area (Å²) in [6, 6.07) is 0. The summed E-state index contributed by atoms with van der Waals surface area (Å²) in [6.07, 6.45) is 87.0. The fraction of sp³-hybridized carbons (Fsp3) is 0.690. The number of ether oxygens (including phenoxy) is 2. The van der Waals surface area contributed by atoms with Crippen molar-refractivity contribution < 1.29 is 42.1 Å². The highest BCUT2D eigenvalue weighted by Gasteiger charge is 2.22.